The van der Waals surface area contributed by atoms with Crippen LogP contribution in [0.1, 0.15) is 68.7 Å². The van der Waals surface area contributed by atoms with Crippen LogP contribution in [0.3, 0.4) is 0 Å². The monoisotopic (exact) mass is 495 g/mol. The average molecular weight is 495 g/mol. The minimum absolute atomic E-state index is 0. The molecule has 3 nitrogen and oxygen atoms in total. The molecule has 25 heavy (non-hydrogen) atoms. The summed E-state index contributed by atoms with van der Waals surface area (Å²) in [5, 5.41) is 25.6. The molecule has 0 saturated carbocycles. The predicted octanol–water partition coefficient (Wildman–Crippen LogP) is 4.88. The van der Waals surface area contributed by atoms with Crippen molar-refractivity contribution in [3.8, 4) is 0 Å². The number of rotatable bonds is 1. The van der Waals surface area contributed by atoms with Crippen molar-refractivity contribution in [1.29, 1.82) is 0 Å². The zero-order chi connectivity index (χ0) is 20.4. The molecule has 5 heteroatoms. The molecule has 0 bridgehead atoms. The average Bonchev–Trinajstić information content (AvgIpc) is 2.58. The van der Waals surface area contributed by atoms with E-state index in [1.165, 1.54) is 4.41 Å². The Morgan fingerprint density at radius 3 is 1.08 bits per heavy atom. The molecule has 0 amide bonds. The molecular weight excluding hydrogens is 452 g/mol. The second-order valence-electron chi connectivity index (χ2n) is 9.96. The van der Waals surface area contributed by atoms with Gasteiger partial charge in [0.05, 0.1) is 16.8 Å². The molecule has 0 aromatic heterocycles. The van der Waals surface area contributed by atoms with Gasteiger partial charge in [0.15, 0.2) is 0 Å². The second kappa shape index (κ2) is 13.9. The summed E-state index contributed by atoms with van der Waals surface area (Å²) in [5.74, 6) is 7.20. The molecule has 1 aliphatic carbocycles. The third-order valence-corrected chi connectivity index (χ3v) is 5.61. The molecule has 0 unspecified atom stereocenters. The van der Waals surface area contributed by atoms with Gasteiger partial charge in [0.2, 0.25) is 0 Å². The van der Waals surface area contributed by atoms with E-state index < -0.39 is 30.1 Å². The van der Waals surface area contributed by atoms with Crippen LogP contribution in [-0.2, 0) is 26.2 Å². The summed E-state index contributed by atoms with van der Waals surface area (Å²) in [5.41, 5.74) is -1.50. The number of hydrogen-bond acceptors (Lipinski definition) is 3. The van der Waals surface area contributed by atoms with E-state index in [0.717, 1.165) is 6.42 Å². The van der Waals surface area contributed by atoms with Crippen LogP contribution in [0.4, 0.5) is 0 Å². The maximum absolute atomic E-state index is 8.52. The van der Waals surface area contributed by atoms with Gasteiger partial charge in [0.1, 0.15) is 0 Å². The topological polar surface area (TPSA) is 60.7 Å². The first-order chi connectivity index (χ1) is 10.1. The van der Waals surface area contributed by atoms with Crippen molar-refractivity contribution in [1.82, 2.24) is 0 Å². The van der Waals surface area contributed by atoms with Crippen LogP contribution in [0, 0.1) is 6.08 Å². The summed E-state index contributed by atoms with van der Waals surface area (Å²) in [4.78, 5) is 0. The van der Waals surface area contributed by atoms with Gasteiger partial charge in [-0.3, -0.25) is 0 Å². The Hall–Kier alpha value is 0.786. The van der Waals surface area contributed by atoms with Crippen LogP contribution in [0.2, 0.25) is 17.3 Å². The Kier molecular flexibility index (Phi) is 18.5. The van der Waals surface area contributed by atoms with E-state index in [1.807, 2.05) is 0 Å². The zero-order valence-electron chi connectivity index (χ0n) is 18.7. The number of aliphatic hydroxyl groups is 3. The first-order valence-electron chi connectivity index (χ1n) is 8.55. The SMILES string of the molecule is CC(C)(C)O.CC(C)(C)O.CC(C)(C)O.[CH3][Ge]([CH3])([CH3])[C]1=[C-]CC=C1.[Zr]. The summed E-state index contributed by atoms with van der Waals surface area (Å²) in [6, 6.07) is 0. The van der Waals surface area contributed by atoms with E-state index in [-0.39, 0.29) is 26.2 Å². The molecule has 0 spiro atoms. The van der Waals surface area contributed by atoms with Gasteiger partial charge in [-0.25, -0.2) is 0 Å². The Morgan fingerprint density at radius 1 is 0.760 bits per heavy atom. The van der Waals surface area contributed by atoms with Crippen LogP contribution in [0.15, 0.2) is 16.6 Å². The van der Waals surface area contributed by atoms with Crippen LogP contribution >= 0.6 is 0 Å². The summed E-state index contributed by atoms with van der Waals surface area (Å²) >= 11 is -1.46. The summed E-state index contributed by atoms with van der Waals surface area (Å²) in [6.07, 6.45) is 8.89. The van der Waals surface area contributed by atoms with Gasteiger partial charge >= 0.3 is 59.6 Å². The largest absolute Gasteiger partial charge is 0 e. The molecule has 0 heterocycles. The van der Waals surface area contributed by atoms with Crippen molar-refractivity contribution >= 4 is 13.3 Å². The van der Waals surface area contributed by atoms with Crippen LogP contribution in [0.25, 0.3) is 0 Å². The fraction of sp³-hybridized carbons (Fsp3) is 0.800. The van der Waals surface area contributed by atoms with Gasteiger partial charge in [-0.1, -0.05) is 0 Å². The van der Waals surface area contributed by atoms with E-state index in [2.05, 4.69) is 35.5 Å². The molecular formula is C20H43GeO3Zr-. The van der Waals surface area contributed by atoms with Crippen molar-refractivity contribution in [2.75, 3.05) is 0 Å². The zero-order valence-corrected chi connectivity index (χ0v) is 23.3. The minimum Gasteiger partial charge on any atom is 0 e. The van der Waals surface area contributed by atoms with E-state index in [0.29, 0.717) is 0 Å². The van der Waals surface area contributed by atoms with Crippen molar-refractivity contribution in [3.05, 3.63) is 22.6 Å². The summed E-state index contributed by atoms with van der Waals surface area (Å²) < 4.78 is 1.54. The second-order valence-corrected chi connectivity index (χ2v) is 20.5. The fourth-order valence-electron chi connectivity index (χ4n) is 0.920. The van der Waals surface area contributed by atoms with Crippen molar-refractivity contribution < 1.29 is 41.5 Å². The fourth-order valence-corrected chi connectivity index (χ4v) is 3.54. The van der Waals surface area contributed by atoms with Gasteiger partial charge < -0.3 is 15.3 Å². The Bertz CT molecular complexity index is 329. The smallest absolute Gasteiger partial charge is 0 e. The molecule has 0 radical (unpaired) electrons. The number of hydrogen-bond donors (Lipinski definition) is 3. The van der Waals surface area contributed by atoms with E-state index in [4.69, 9.17) is 15.3 Å². The van der Waals surface area contributed by atoms with E-state index >= 15 is 0 Å². The van der Waals surface area contributed by atoms with Gasteiger partial charge in [-0.05, 0) is 62.3 Å². The molecule has 1 rings (SSSR count). The van der Waals surface area contributed by atoms with Crippen LogP contribution < -0.4 is 0 Å². The van der Waals surface area contributed by atoms with Gasteiger partial charge in [-0.2, -0.15) is 0 Å². The molecule has 0 aliphatic heterocycles. The minimum atomic E-state index is -1.46. The number of allylic oxidation sites excluding steroid dienone is 4. The molecule has 3 N–H and O–H groups in total. The molecule has 0 aromatic rings. The first-order valence-corrected chi connectivity index (χ1v) is 15.9. The standard InChI is InChI=1S/C8H13Ge.3C4H10O.Zr/c1-9(2,3)8-6-4-5-7-8;3*1-4(2,3)5;/h4,6H,5H2,1-3H3;3*5H,1-3H3;/q-1;;;;. The van der Waals surface area contributed by atoms with Crippen molar-refractivity contribution in [2.24, 2.45) is 0 Å². The summed E-state index contributed by atoms with van der Waals surface area (Å²) in [7, 11) is 0. The maximum Gasteiger partial charge on any atom is 0 e. The normalized spacial score (nSPS) is 13.8. The van der Waals surface area contributed by atoms with Crippen LogP contribution in [0.5, 0.6) is 0 Å². The Balaban J connectivity index is -0.000000122. The van der Waals surface area contributed by atoms with Crippen molar-refractivity contribution in [2.45, 2.75) is 103 Å². The van der Waals surface area contributed by atoms with Gasteiger partial charge in [0, 0.05) is 26.2 Å². The van der Waals surface area contributed by atoms with E-state index in [1.54, 1.807) is 62.3 Å². The van der Waals surface area contributed by atoms with Crippen LogP contribution in [-0.4, -0.2) is 45.4 Å². The van der Waals surface area contributed by atoms with Crippen molar-refractivity contribution in [3.63, 3.8) is 0 Å². The Labute approximate surface area is 179 Å². The van der Waals surface area contributed by atoms with Gasteiger partial charge in [0.25, 0.3) is 0 Å². The maximum atomic E-state index is 8.52. The molecule has 1 aliphatic rings. The predicted molar refractivity (Wildman–Crippen MR) is 110 cm³/mol. The quantitative estimate of drug-likeness (QED) is 0.359. The molecule has 150 valence electrons. The van der Waals surface area contributed by atoms with Gasteiger partial charge in [-0.15, -0.1) is 0 Å². The molecule has 0 atom stereocenters. The summed E-state index contributed by atoms with van der Waals surface area (Å²) in [6.45, 7) is 15.7. The molecule has 0 aromatic carbocycles. The third-order valence-electron chi connectivity index (χ3n) is 1.50. The molecule has 0 fully saturated rings. The van der Waals surface area contributed by atoms with E-state index in [9.17, 15) is 0 Å². The molecule has 0 saturated heterocycles. The Morgan fingerprint density at radius 2 is 1.00 bits per heavy atom. The first kappa shape index (κ1) is 33.4. The third kappa shape index (κ3) is 67.7.